The van der Waals surface area contributed by atoms with E-state index in [9.17, 15) is 29.4 Å². The van der Waals surface area contributed by atoms with Gasteiger partial charge in [-0.2, -0.15) is 0 Å². The molecule has 0 radical (unpaired) electrons. The van der Waals surface area contributed by atoms with Crippen molar-refractivity contribution in [3.05, 3.63) is 0 Å². The number of aliphatic hydroxyl groups is 1. The van der Waals surface area contributed by atoms with Crippen molar-refractivity contribution in [2.24, 2.45) is 0 Å². The summed E-state index contributed by atoms with van der Waals surface area (Å²) in [4.78, 5) is 44.4. The van der Waals surface area contributed by atoms with E-state index in [0.29, 0.717) is 12.8 Å². The molecule has 0 rings (SSSR count). The van der Waals surface area contributed by atoms with Gasteiger partial charge < -0.3 is 20.6 Å². The fourth-order valence-electron chi connectivity index (χ4n) is 4.21. The van der Waals surface area contributed by atoms with Crippen LogP contribution in [0.4, 0.5) is 0 Å². The zero-order valence-corrected chi connectivity index (χ0v) is 24.5. The van der Waals surface area contributed by atoms with Crippen LogP contribution in [0, 0.1) is 0 Å². The molecule has 0 saturated heterocycles. The number of amides is 1. The quantitative estimate of drug-likeness (QED) is 0.0351. The van der Waals surface area contributed by atoms with E-state index in [1.54, 1.807) is 22.6 Å². The molecule has 1 amide bonds. The number of nitrogens with one attached hydrogen (secondary N) is 2. The summed E-state index contributed by atoms with van der Waals surface area (Å²) in [6.45, 7) is -0.0753. The molecule has 5 N–H and O–H groups in total. The highest BCUT2D eigenvalue weighted by atomic mass is 127. The number of aliphatic hydroxyl groups excluding tert-OH is 1. The van der Waals surface area contributed by atoms with E-state index >= 15 is 0 Å². The van der Waals surface area contributed by atoms with Gasteiger partial charge in [0.05, 0.1) is 6.54 Å². The normalized spacial score (nSPS) is 12.7. The molecule has 10 heteroatoms. The fourth-order valence-corrected chi connectivity index (χ4v) is 4.41. The summed E-state index contributed by atoms with van der Waals surface area (Å²) in [6, 6.07) is -1.01. The van der Waals surface area contributed by atoms with Crippen molar-refractivity contribution in [3.63, 3.8) is 0 Å². The van der Waals surface area contributed by atoms with Crippen LogP contribution >= 0.6 is 22.6 Å². The van der Waals surface area contributed by atoms with Crippen molar-refractivity contribution >= 4 is 44.2 Å². The maximum atomic E-state index is 11.7. The van der Waals surface area contributed by atoms with Gasteiger partial charge in [-0.05, 0) is 25.7 Å². The van der Waals surface area contributed by atoms with Gasteiger partial charge in [0.15, 0.2) is 0 Å². The first-order valence-corrected chi connectivity index (χ1v) is 15.1. The Balaban J connectivity index is 3.54. The Hall–Kier alpha value is -1.27. The number of carbonyl (C=O) groups is 4. The lowest BCUT2D eigenvalue weighted by Gasteiger charge is -2.19. The molecule has 1 unspecified atom stereocenters. The monoisotopic (exact) mass is 640 g/mol. The molecule has 0 bridgehead atoms. The van der Waals surface area contributed by atoms with E-state index in [1.807, 2.05) is 0 Å². The van der Waals surface area contributed by atoms with Gasteiger partial charge in [-0.15, -0.1) is 0 Å². The van der Waals surface area contributed by atoms with Gasteiger partial charge in [0, 0.05) is 35.4 Å². The lowest BCUT2D eigenvalue weighted by molar-refractivity contribution is -0.141. The molecule has 0 aliphatic rings. The van der Waals surface area contributed by atoms with E-state index in [4.69, 9.17) is 5.11 Å². The average Bonchev–Trinajstić information content (AvgIpc) is 2.84. The molecule has 0 fully saturated rings. The number of halogens is 1. The zero-order valence-electron chi connectivity index (χ0n) is 22.4. The van der Waals surface area contributed by atoms with Gasteiger partial charge in [0.25, 0.3) is 0 Å². The topological polar surface area (TPSA) is 153 Å². The highest BCUT2D eigenvalue weighted by Crippen LogP contribution is 2.14. The van der Waals surface area contributed by atoms with Crippen LogP contribution in [0.3, 0.4) is 0 Å². The van der Waals surface area contributed by atoms with E-state index in [0.717, 1.165) is 38.5 Å². The van der Waals surface area contributed by atoms with Gasteiger partial charge in [-0.1, -0.05) is 89.9 Å². The van der Waals surface area contributed by atoms with Crippen molar-refractivity contribution in [1.82, 2.24) is 10.6 Å². The third-order valence-electron chi connectivity index (χ3n) is 6.39. The molecule has 0 aromatic rings. The Kier molecular flexibility index (Phi) is 24.2. The smallest absolute Gasteiger partial charge is 0.320 e. The van der Waals surface area contributed by atoms with E-state index in [-0.39, 0.29) is 29.1 Å². The maximum absolute atomic E-state index is 11.7. The minimum absolute atomic E-state index is 0.0296. The lowest BCUT2D eigenvalue weighted by Crippen LogP contribution is -2.44. The summed E-state index contributed by atoms with van der Waals surface area (Å²) < 4.78 is -0.198. The van der Waals surface area contributed by atoms with Gasteiger partial charge in [-0.25, -0.2) is 0 Å². The predicted molar refractivity (Wildman–Crippen MR) is 153 cm³/mol. The third-order valence-corrected chi connectivity index (χ3v) is 6.78. The number of rotatable bonds is 27. The summed E-state index contributed by atoms with van der Waals surface area (Å²) >= 11 is 1.58. The maximum Gasteiger partial charge on any atom is 0.320 e. The molecule has 0 aromatic carbocycles. The fraction of sp³-hybridized carbons (Fsp3) is 0.852. The van der Waals surface area contributed by atoms with Crippen molar-refractivity contribution < 1.29 is 34.5 Å². The minimum Gasteiger partial charge on any atom is -0.481 e. The largest absolute Gasteiger partial charge is 0.481 e. The summed E-state index contributed by atoms with van der Waals surface area (Å²) in [5, 5.41) is 33.1. The standard InChI is InChI=1S/C27H49IN2O7/c28-23(31)21-29-24(32)20-19-22(27(36)37)30-25(33)17-15-13-11-9-7-5-3-1-2-4-6-8-10-12-14-16-18-26(34)35/h22,25,30,33H,1-21H2,(H,29,32)(H,34,35)(H,36,37)/t22-,25?/m0/s1. The molecule has 0 saturated carbocycles. The first kappa shape index (κ1) is 35.7. The summed E-state index contributed by atoms with van der Waals surface area (Å²) in [5.74, 6) is -2.19. The number of carbonyl (C=O) groups excluding carboxylic acids is 2. The van der Waals surface area contributed by atoms with Gasteiger partial charge in [0.1, 0.15) is 12.3 Å². The van der Waals surface area contributed by atoms with Crippen LogP contribution in [-0.2, 0) is 19.2 Å². The SMILES string of the molecule is O=C(O)CCCCCCCCCCCCCCCCCCC(O)N[C@@H](CCC(=O)NCC(=O)I)C(=O)O. The van der Waals surface area contributed by atoms with Crippen LogP contribution in [0.25, 0.3) is 0 Å². The molecular formula is C27H49IN2O7. The Labute approximate surface area is 236 Å². The molecule has 216 valence electrons. The first-order valence-electron chi connectivity index (χ1n) is 14.1. The number of carboxylic acid groups (broad SMARTS) is 2. The third kappa shape index (κ3) is 26.1. The Morgan fingerprint density at radius 1 is 0.622 bits per heavy atom. The highest BCUT2D eigenvalue weighted by Gasteiger charge is 2.21. The van der Waals surface area contributed by atoms with Gasteiger partial charge >= 0.3 is 11.9 Å². The van der Waals surface area contributed by atoms with E-state index in [2.05, 4.69) is 10.6 Å². The van der Waals surface area contributed by atoms with Crippen LogP contribution in [0.5, 0.6) is 0 Å². The molecular weight excluding hydrogens is 591 g/mol. The number of unbranched alkanes of at least 4 members (excludes halogenated alkanes) is 15. The lowest BCUT2D eigenvalue weighted by atomic mass is 10.0. The van der Waals surface area contributed by atoms with Gasteiger partial charge in [0.2, 0.25) is 9.70 Å². The molecule has 2 atom stereocenters. The number of carboxylic acids is 2. The van der Waals surface area contributed by atoms with Crippen molar-refractivity contribution in [2.75, 3.05) is 6.54 Å². The first-order chi connectivity index (χ1) is 17.7. The molecule has 9 nitrogen and oxygen atoms in total. The Bertz CT molecular complexity index is 634. The van der Waals surface area contributed by atoms with Crippen LogP contribution < -0.4 is 10.6 Å². The molecule has 0 aliphatic heterocycles. The summed E-state index contributed by atoms with van der Waals surface area (Å²) in [5.41, 5.74) is 0. The predicted octanol–water partition coefficient (Wildman–Crippen LogP) is 5.31. The van der Waals surface area contributed by atoms with Crippen LogP contribution in [-0.4, -0.2) is 55.8 Å². The molecule has 0 aliphatic carbocycles. The Morgan fingerprint density at radius 2 is 1.05 bits per heavy atom. The van der Waals surface area contributed by atoms with Crippen molar-refractivity contribution in [3.8, 4) is 0 Å². The number of hydrogen-bond acceptors (Lipinski definition) is 6. The van der Waals surface area contributed by atoms with Gasteiger partial charge in [-0.3, -0.25) is 24.5 Å². The van der Waals surface area contributed by atoms with Crippen molar-refractivity contribution in [1.29, 1.82) is 0 Å². The van der Waals surface area contributed by atoms with Crippen LogP contribution in [0.2, 0.25) is 0 Å². The van der Waals surface area contributed by atoms with E-state index in [1.165, 1.54) is 64.2 Å². The zero-order chi connectivity index (χ0) is 27.7. The number of hydrogen-bond donors (Lipinski definition) is 5. The average molecular weight is 641 g/mol. The van der Waals surface area contributed by atoms with Crippen LogP contribution in [0.1, 0.15) is 128 Å². The molecule has 0 aromatic heterocycles. The molecule has 37 heavy (non-hydrogen) atoms. The second-order valence-corrected chi connectivity index (χ2v) is 11.0. The molecule has 0 heterocycles. The number of aliphatic carboxylic acids is 2. The Morgan fingerprint density at radius 3 is 1.46 bits per heavy atom. The van der Waals surface area contributed by atoms with Crippen LogP contribution in [0.15, 0.2) is 0 Å². The minimum atomic E-state index is -1.11. The summed E-state index contributed by atoms with van der Waals surface area (Å²) in [7, 11) is 0. The second-order valence-electron chi connectivity index (χ2n) is 9.83. The van der Waals surface area contributed by atoms with E-state index < -0.39 is 24.2 Å². The molecule has 0 spiro atoms. The second kappa shape index (κ2) is 25.0. The highest BCUT2D eigenvalue weighted by molar-refractivity contribution is 14.1. The summed E-state index contributed by atoms with van der Waals surface area (Å²) in [6.07, 6.45) is 18.3. The van der Waals surface area contributed by atoms with Crippen molar-refractivity contribution in [2.45, 2.75) is 141 Å².